The number of fused-ring (bicyclic) bond motifs is 1. The van der Waals surface area contributed by atoms with Gasteiger partial charge < -0.3 is 19.1 Å². The lowest BCUT2D eigenvalue weighted by Gasteiger charge is -2.26. The number of carbonyl (C=O) groups is 1. The number of aromatic nitrogens is 2. The minimum Gasteiger partial charge on any atom is -0.493 e. The van der Waals surface area contributed by atoms with Crippen LogP contribution in [0.15, 0.2) is 42.5 Å². The van der Waals surface area contributed by atoms with Crippen molar-refractivity contribution < 1.29 is 19.0 Å². The minimum atomic E-state index is -0.314. The zero-order valence-corrected chi connectivity index (χ0v) is 20.6. The van der Waals surface area contributed by atoms with Gasteiger partial charge in [-0.2, -0.15) is 5.10 Å². The van der Waals surface area contributed by atoms with Gasteiger partial charge in [0.2, 0.25) is 0 Å². The van der Waals surface area contributed by atoms with Gasteiger partial charge in [0.25, 0.3) is 5.91 Å². The Hall–Kier alpha value is -3.32. The molecule has 2 aromatic carbocycles. The molecule has 1 aliphatic heterocycles. The third-order valence-electron chi connectivity index (χ3n) is 6.18. The summed E-state index contributed by atoms with van der Waals surface area (Å²) in [5.41, 5.74) is 5.25. The number of aryl methyl sites for hydroxylation is 1. The monoisotopic (exact) mass is 463 g/mol. The lowest BCUT2D eigenvalue weighted by Crippen LogP contribution is -2.32. The van der Waals surface area contributed by atoms with E-state index < -0.39 is 0 Å². The smallest absolute Gasteiger partial charge is 0.273 e. The number of H-pyrrole nitrogens is 1. The zero-order chi connectivity index (χ0) is 24.2. The van der Waals surface area contributed by atoms with E-state index in [0.29, 0.717) is 42.9 Å². The van der Waals surface area contributed by atoms with E-state index in [1.165, 1.54) is 5.56 Å². The van der Waals surface area contributed by atoms with Gasteiger partial charge >= 0.3 is 0 Å². The van der Waals surface area contributed by atoms with Crippen molar-refractivity contribution in [2.24, 2.45) is 5.92 Å². The van der Waals surface area contributed by atoms with Crippen LogP contribution in [-0.4, -0.2) is 55.0 Å². The molecule has 0 saturated heterocycles. The number of hydrogen-bond donors (Lipinski definition) is 1. The molecule has 7 nitrogen and oxygen atoms in total. The summed E-state index contributed by atoms with van der Waals surface area (Å²) in [5.74, 6) is 1.82. The predicted octanol–water partition coefficient (Wildman–Crippen LogP) is 5.01. The second-order valence-corrected chi connectivity index (χ2v) is 9.06. The first-order valence-electron chi connectivity index (χ1n) is 11.7. The highest BCUT2D eigenvalue weighted by atomic mass is 16.5. The molecule has 1 amide bonds. The van der Waals surface area contributed by atoms with Crippen LogP contribution >= 0.6 is 0 Å². The lowest BCUT2D eigenvalue weighted by atomic mass is 9.95. The van der Waals surface area contributed by atoms with Crippen LogP contribution in [0.3, 0.4) is 0 Å². The molecule has 3 aromatic rings. The molecule has 0 radical (unpaired) electrons. The van der Waals surface area contributed by atoms with Gasteiger partial charge in [-0.05, 0) is 37.0 Å². The van der Waals surface area contributed by atoms with Crippen molar-refractivity contribution in [2.45, 2.75) is 33.2 Å². The van der Waals surface area contributed by atoms with Gasteiger partial charge in [-0.1, -0.05) is 49.7 Å². The maximum absolute atomic E-state index is 13.4. The zero-order valence-electron chi connectivity index (χ0n) is 20.6. The molecule has 0 fully saturated rings. The van der Waals surface area contributed by atoms with Crippen LogP contribution in [0.4, 0.5) is 0 Å². The van der Waals surface area contributed by atoms with Crippen molar-refractivity contribution in [1.82, 2.24) is 15.1 Å². The van der Waals surface area contributed by atoms with Crippen LogP contribution in [0.2, 0.25) is 0 Å². The van der Waals surface area contributed by atoms with Crippen LogP contribution in [-0.2, 0) is 4.74 Å². The van der Waals surface area contributed by atoms with Gasteiger partial charge in [-0.25, -0.2) is 0 Å². The molecule has 1 N–H and O–H groups in total. The molecule has 0 spiro atoms. The molecule has 0 bridgehead atoms. The molecule has 1 unspecified atom stereocenters. The average molecular weight is 464 g/mol. The number of hydrogen-bond acceptors (Lipinski definition) is 5. The summed E-state index contributed by atoms with van der Waals surface area (Å²) in [6.45, 7) is 7.92. The molecule has 1 atom stereocenters. The highest BCUT2D eigenvalue weighted by Crippen LogP contribution is 2.44. The van der Waals surface area contributed by atoms with Gasteiger partial charge in [-0.15, -0.1) is 0 Å². The van der Waals surface area contributed by atoms with Crippen LogP contribution in [0.1, 0.15) is 53.5 Å². The van der Waals surface area contributed by atoms with Gasteiger partial charge in [0.1, 0.15) is 5.69 Å². The first-order valence-corrected chi connectivity index (χ1v) is 11.7. The van der Waals surface area contributed by atoms with Gasteiger partial charge in [0, 0.05) is 24.8 Å². The average Bonchev–Trinajstić information content (AvgIpc) is 3.37. The molecule has 2 heterocycles. The minimum absolute atomic E-state index is 0.0841. The fourth-order valence-electron chi connectivity index (χ4n) is 4.27. The maximum Gasteiger partial charge on any atom is 0.273 e. The fourth-order valence-corrected chi connectivity index (χ4v) is 4.27. The molecule has 1 aliphatic rings. The molecule has 180 valence electrons. The standard InChI is InChI=1S/C27H33N3O4/c1-17(2)12-14-34-21-11-10-20(16-22(21)33-5)26-23-24(19-8-6-18(3)7-9-19)28-29-25(23)27(31)30(26)13-15-32-4/h6-11,16-17,26H,12-15H2,1-5H3,(H,28,29). The number of aromatic amines is 1. The van der Waals surface area contributed by atoms with Crippen LogP contribution in [0.25, 0.3) is 11.3 Å². The van der Waals surface area contributed by atoms with Crippen LogP contribution in [0.5, 0.6) is 11.5 Å². The molecule has 7 heteroatoms. The van der Waals surface area contributed by atoms with Gasteiger partial charge in [0.05, 0.1) is 32.1 Å². The number of methoxy groups -OCH3 is 2. The van der Waals surface area contributed by atoms with E-state index >= 15 is 0 Å². The number of ether oxygens (including phenoxy) is 3. The maximum atomic E-state index is 13.4. The topological polar surface area (TPSA) is 76.7 Å². The first kappa shape index (κ1) is 23.8. The second-order valence-electron chi connectivity index (χ2n) is 9.06. The highest BCUT2D eigenvalue weighted by Gasteiger charge is 2.42. The van der Waals surface area contributed by atoms with Gasteiger partial charge in [-0.3, -0.25) is 9.89 Å². The Bertz CT molecular complexity index is 1140. The molecule has 1 aromatic heterocycles. The third-order valence-corrected chi connectivity index (χ3v) is 6.18. The van der Waals surface area contributed by atoms with E-state index in [1.54, 1.807) is 14.2 Å². The second kappa shape index (κ2) is 10.3. The van der Waals surface area contributed by atoms with E-state index in [1.807, 2.05) is 35.2 Å². The summed E-state index contributed by atoms with van der Waals surface area (Å²) in [7, 11) is 3.28. The Morgan fingerprint density at radius 1 is 1.06 bits per heavy atom. The highest BCUT2D eigenvalue weighted by molar-refractivity contribution is 6.00. The van der Waals surface area contributed by atoms with Crippen LogP contribution in [0, 0.1) is 12.8 Å². The van der Waals surface area contributed by atoms with Gasteiger partial charge in [0.15, 0.2) is 11.5 Å². The Kier molecular flexibility index (Phi) is 7.22. The Morgan fingerprint density at radius 2 is 1.82 bits per heavy atom. The summed E-state index contributed by atoms with van der Waals surface area (Å²) in [4.78, 5) is 15.2. The van der Waals surface area contributed by atoms with Crippen molar-refractivity contribution in [1.29, 1.82) is 0 Å². The molecule has 0 saturated carbocycles. The summed E-state index contributed by atoms with van der Waals surface area (Å²) in [5, 5.41) is 7.53. The lowest BCUT2D eigenvalue weighted by molar-refractivity contribution is 0.0677. The van der Waals surface area contributed by atoms with E-state index in [9.17, 15) is 4.79 Å². The van der Waals surface area contributed by atoms with E-state index in [2.05, 4.69) is 43.1 Å². The number of nitrogens with one attached hydrogen (secondary N) is 1. The Morgan fingerprint density at radius 3 is 2.50 bits per heavy atom. The largest absolute Gasteiger partial charge is 0.493 e. The Balaban J connectivity index is 1.75. The molecular formula is C27H33N3O4. The number of carbonyl (C=O) groups excluding carboxylic acids is 1. The SMILES string of the molecule is COCCN1C(=O)c2[nH]nc(-c3ccc(C)cc3)c2C1c1ccc(OCCC(C)C)c(OC)c1. The van der Waals surface area contributed by atoms with Crippen molar-refractivity contribution in [3.8, 4) is 22.8 Å². The summed E-state index contributed by atoms with van der Waals surface area (Å²) in [6.07, 6.45) is 0.963. The number of rotatable bonds is 10. The van der Waals surface area contributed by atoms with Crippen molar-refractivity contribution >= 4 is 5.91 Å². The van der Waals surface area contributed by atoms with E-state index in [-0.39, 0.29) is 11.9 Å². The first-order chi connectivity index (χ1) is 16.4. The van der Waals surface area contributed by atoms with E-state index in [0.717, 1.165) is 28.8 Å². The van der Waals surface area contributed by atoms with Crippen molar-refractivity contribution in [3.05, 3.63) is 64.8 Å². The van der Waals surface area contributed by atoms with E-state index in [4.69, 9.17) is 14.2 Å². The molecule has 0 aliphatic carbocycles. The van der Waals surface area contributed by atoms with Crippen LogP contribution < -0.4 is 9.47 Å². The predicted molar refractivity (Wildman–Crippen MR) is 131 cm³/mol. The summed E-state index contributed by atoms with van der Waals surface area (Å²) >= 11 is 0. The molecular weight excluding hydrogens is 430 g/mol. The Labute approximate surface area is 201 Å². The number of nitrogens with zero attached hydrogens (tertiary/aromatic N) is 2. The van der Waals surface area contributed by atoms with Crippen molar-refractivity contribution in [3.63, 3.8) is 0 Å². The fraction of sp³-hybridized carbons (Fsp3) is 0.407. The molecule has 4 rings (SSSR count). The number of benzene rings is 2. The summed E-state index contributed by atoms with van der Waals surface area (Å²) < 4.78 is 17.0. The molecule has 34 heavy (non-hydrogen) atoms. The third kappa shape index (κ3) is 4.66. The summed E-state index contributed by atoms with van der Waals surface area (Å²) in [6, 6.07) is 13.8. The van der Waals surface area contributed by atoms with Crippen molar-refractivity contribution in [2.75, 3.05) is 34.0 Å². The quantitative estimate of drug-likeness (QED) is 0.457. The number of amides is 1. The normalized spacial score (nSPS) is 15.2.